The lowest BCUT2D eigenvalue weighted by molar-refractivity contribution is 0.0694. The number of rotatable bonds is 5. The number of hydrogen-bond donors (Lipinski definition) is 2. The molecule has 0 radical (unpaired) electrons. The Kier molecular flexibility index (Phi) is 4.60. The monoisotopic (exact) mass is 389 g/mol. The SMILES string of the molecule is CO/N=C1\CN(C2CC2n2cc(C(=O)O)c(=O)c3cc(F)cnc32)CC1CN. The molecule has 2 fully saturated rings. The molecule has 9 nitrogen and oxygen atoms in total. The number of carbonyl (C=O) groups is 1. The van der Waals surface area contributed by atoms with Crippen molar-refractivity contribution in [1.82, 2.24) is 14.5 Å². The van der Waals surface area contributed by atoms with Crippen LogP contribution in [0, 0.1) is 11.7 Å². The summed E-state index contributed by atoms with van der Waals surface area (Å²) in [5.74, 6) is -1.92. The number of nitrogens with zero attached hydrogens (tertiary/aromatic N) is 4. The minimum Gasteiger partial charge on any atom is -0.477 e. The minimum atomic E-state index is -1.35. The van der Waals surface area contributed by atoms with Crippen LogP contribution < -0.4 is 11.2 Å². The van der Waals surface area contributed by atoms with Gasteiger partial charge in [0.1, 0.15) is 24.1 Å². The fraction of sp³-hybridized carbons (Fsp3) is 0.444. The van der Waals surface area contributed by atoms with Gasteiger partial charge in [0.05, 0.1) is 23.3 Å². The summed E-state index contributed by atoms with van der Waals surface area (Å²) in [7, 11) is 1.49. The zero-order valence-corrected chi connectivity index (χ0v) is 15.2. The van der Waals surface area contributed by atoms with Crippen LogP contribution in [0.4, 0.5) is 4.39 Å². The quantitative estimate of drug-likeness (QED) is 0.711. The molecule has 0 bridgehead atoms. The van der Waals surface area contributed by atoms with Gasteiger partial charge in [-0.1, -0.05) is 5.16 Å². The Morgan fingerprint density at radius 2 is 2.29 bits per heavy atom. The van der Waals surface area contributed by atoms with E-state index >= 15 is 0 Å². The topological polar surface area (TPSA) is 123 Å². The lowest BCUT2D eigenvalue weighted by atomic mass is 10.1. The zero-order chi connectivity index (χ0) is 20.0. The number of pyridine rings is 2. The van der Waals surface area contributed by atoms with Gasteiger partial charge in [-0.15, -0.1) is 0 Å². The Hall–Kier alpha value is -2.85. The van der Waals surface area contributed by atoms with E-state index in [9.17, 15) is 19.1 Å². The minimum absolute atomic E-state index is 0.0339. The van der Waals surface area contributed by atoms with Crippen LogP contribution in [0.1, 0.15) is 22.8 Å². The van der Waals surface area contributed by atoms with Gasteiger partial charge in [-0.2, -0.15) is 0 Å². The van der Waals surface area contributed by atoms with E-state index in [0.717, 1.165) is 30.9 Å². The van der Waals surface area contributed by atoms with Crippen LogP contribution in [-0.4, -0.2) is 64.0 Å². The number of hydrogen-bond acceptors (Lipinski definition) is 7. The third-order valence-electron chi connectivity index (χ3n) is 5.40. The average Bonchev–Trinajstić information content (AvgIpc) is 3.35. The molecule has 148 valence electrons. The van der Waals surface area contributed by atoms with Crippen LogP contribution >= 0.6 is 0 Å². The Morgan fingerprint density at radius 3 is 2.96 bits per heavy atom. The summed E-state index contributed by atoms with van der Waals surface area (Å²) in [5.41, 5.74) is 5.86. The third-order valence-corrected chi connectivity index (χ3v) is 5.40. The molecular formula is C18H20FN5O4. The van der Waals surface area contributed by atoms with Crippen LogP contribution in [0.5, 0.6) is 0 Å². The molecule has 1 saturated heterocycles. The largest absolute Gasteiger partial charge is 0.477 e. The van der Waals surface area contributed by atoms with Crippen molar-refractivity contribution >= 4 is 22.7 Å². The fourth-order valence-electron chi connectivity index (χ4n) is 3.95. The lowest BCUT2D eigenvalue weighted by Crippen LogP contribution is -2.27. The van der Waals surface area contributed by atoms with Crippen LogP contribution in [0.15, 0.2) is 28.4 Å². The van der Waals surface area contributed by atoms with Crippen molar-refractivity contribution in [2.45, 2.75) is 18.5 Å². The predicted molar refractivity (Wildman–Crippen MR) is 98.9 cm³/mol. The molecule has 1 saturated carbocycles. The van der Waals surface area contributed by atoms with Crippen molar-refractivity contribution in [2.75, 3.05) is 26.7 Å². The predicted octanol–water partition coefficient (Wildman–Crippen LogP) is 0.440. The van der Waals surface area contributed by atoms with Gasteiger partial charge in [-0.3, -0.25) is 9.69 Å². The van der Waals surface area contributed by atoms with Gasteiger partial charge in [0.2, 0.25) is 5.43 Å². The first-order chi connectivity index (χ1) is 13.4. The van der Waals surface area contributed by atoms with E-state index in [2.05, 4.69) is 15.0 Å². The molecule has 1 aliphatic heterocycles. The molecule has 0 spiro atoms. The van der Waals surface area contributed by atoms with E-state index in [-0.39, 0.29) is 29.0 Å². The molecule has 4 rings (SSSR count). The van der Waals surface area contributed by atoms with Crippen LogP contribution in [0.2, 0.25) is 0 Å². The van der Waals surface area contributed by atoms with Gasteiger partial charge in [0.25, 0.3) is 0 Å². The van der Waals surface area contributed by atoms with Crippen LogP contribution in [0.25, 0.3) is 11.0 Å². The maximum absolute atomic E-state index is 13.6. The molecule has 3 heterocycles. The van der Waals surface area contributed by atoms with E-state index in [4.69, 9.17) is 10.6 Å². The van der Waals surface area contributed by atoms with E-state index in [1.807, 2.05) is 0 Å². The molecule has 3 atom stereocenters. The second-order valence-corrected chi connectivity index (χ2v) is 7.11. The van der Waals surface area contributed by atoms with Crippen molar-refractivity contribution in [3.8, 4) is 0 Å². The number of carboxylic acid groups (broad SMARTS) is 1. The Balaban J connectivity index is 1.70. The maximum atomic E-state index is 13.6. The van der Waals surface area contributed by atoms with Crippen molar-refractivity contribution in [2.24, 2.45) is 16.8 Å². The van der Waals surface area contributed by atoms with Gasteiger partial charge in [0.15, 0.2) is 0 Å². The van der Waals surface area contributed by atoms with Gasteiger partial charge in [-0.05, 0) is 12.5 Å². The Morgan fingerprint density at radius 1 is 1.50 bits per heavy atom. The number of aromatic nitrogens is 2. The Labute approximate surface area is 159 Å². The second-order valence-electron chi connectivity index (χ2n) is 7.11. The van der Waals surface area contributed by atoms with E-state index < -0.39 is 22.8 Å². The normalized spacial score (nSPS) is 26.1. The summed E-state index contributed by atoms with van der Waals surface area (Å²) >= 11 is 0. The molecule has 2 aromatic heterocycles. The van der Waals surface area contributed by atoms with E-state index in [1.165, 1.54) is 13.3 Å². The van der Waals surface area contributed by atoms with Crippen molar-refractivity contribution in [3.05, 3.63) is 40.1 Å². The van der Waals surface area contributed by atoms with Crippen molar-refractivity contribution < 1.29 is 19.1 Å². The molecule has 0 amide bonds. The number of fused-ring (bicyclic) bond motifs is 1. The molecule has 28 heavy (non-hydrogen) atoms. The molecule has 10 heteroatoms. The van der Waals surface area contributed by atoms with Gasteiger partial charge >= 0.3 is 5.97 Å². The highest BCUT2D eigenvalue weighted by atomic mass is 19.1. The summed E-state index contributed by atoms with van der Waals surface area (Å²) in [4.78, 5) is 35.1. The van der Waals surface area contributed by atoms with Gasteiger partial charge < -0.3 is 20.2 Å². The van der Waals surface area contributed by atoms with Crippen LogP contribution in [0.3, 0.4) is 0 Å². The molecule has 0 aromatic carbocycles. The second kappa shape index (κ2) is 6.95. The standard InChI is InChI=1S/C18H20FN5O4/c1-28-22-13-8-23(6-9(13)4-20)14-3-15(14)24-7-12(18(26)27)16(25)11-2-10(19)5-21-17(11)24/h2,5,7,9,14-15H,3-4,6,8,20H2,1H3,(H,26,27)/b22-13+. The highest BCUT2D eigenvalue weighted by Gasteiger charge is 2.47. The van der Waals surface area contributed by atoms with Gasteiger partial charge in [-0.25, -0.2) is 14.2 Å². The highest BCUT2D eigenvalue weighted by Crippen LogP contribution is 2.43. The number of nitrogens with two attached hydrogens (primary N) is 1. The highest BCUT2D eigenvalue weighted by molar-refractivity contribution is 5.92. The third kappa shape index (κ3) is 3.04. The number of aromatic carboxylic acids is 1. The first-order valence-corrected chi connectivity index (χ1v) is 8.92. The number of carboxylic acids is 1. The molecule has 3 unspecified atom stereocenters. The number of likely N-dealkylation sites (tertiary alicyclic amines) is 1. The molecule has 1 aliphatic carbocycles. The van der Waals surface area contributed by atoms with E-state index in [1.54, 1.807) is 4.57 Å². The molecular weight excluding hydrogens is 369 g/mol. The first kappa shape index (κ1) is 18.5. The van der Waals surface area contributed by atoms with Gasteiger partial charge in [0, 0.05) is 37.8 Å². The summed E-state index contributed by atoms with van der Waals surface area (Å²) < 4.78 is 15.3. The zero-order valence-electron chi connectivity index (χ0n) is 15.2. The van der Waals surface area contributed by atoms with Crippen molar-refractivity contribution in [3.63, 3.8) is 0 Å². The lowest BCUT2D eigenvalue weighted by Gasteiger charge is -2.17. The Bertz CT molecular complexity index is 1040. The van der Waals surface area contributed by atoms with E-state index in [0.29, 0.717) is 13.1 Å². The molecule has 3 N–H and O–H groups in total. The molecule has 2 aromatic rings. The first-order valence-electron chi connectivity index (χ1n) is 8.92. The summed E-state index contributed by atoms with van der Waals surface area (Å²) in [6.45, 7) is 1.80. The number of halogens is 1. The summed E-state index contributed by atoms with van der Waals surface area (Å²) in [6, 6.07) is 1.09. The summed E-state index contributed by atoms with van der Waals surface area (Å²) in [6.07, 6.45) is 3.09. The average molecular weight is 389 g/mol. The fourth-order valence-corrected chi connectivity index (χ4v) is 3.95. The van der Waals surface area contributed by atoms with Crippen molar-refractivity contribution in [1.29, 1.82) is 0 Å². The summed E-state index contributed by atoms with van der Waals surface area (Å²) in [5, 5.41) is 13.4. The smallest absolute Gasteiger partial charge is 0.341 e. The molecule has 2 aliphatic rings. The van der Waals surface area contributed by atoms with Crippen LogP contribution in [-0.2, 0) is 4.84 Å². The number of oxime groups is 1. The maximum Gasteiger partial charge on any atom is 0.341 e.